The van der Waals surface area contributed by atoms with Crippen molar-refractivity contribution in [2.45, 2.75) is 89.5 Å². The molecule has 5 rings (SSSR count). The number of benzene rings is 1. The average molecular weight is 482 g/mol. The molecule has 3 aliphatic carbocycles. The molecule has 4 aliphatic rings. The Bertz CT molecular complexity index is 906. The number of likely N-dealkylation sites (N-methyl/N-ethyl adjacent to an activating group) is 1. The van der Waals surface area contributed by atoms with E-state index in [0.29, 0.717) is 11.5 Å². The maximum absolute atomic E-state index is 6.30. The number of rotatable bonds is 7. The second kappa shape index (κ2) is 10.00. The Kier molecular flexibility index (Phi) is 7.14. The molecule has 4 heteroatoms. The fourth-order valence-corrected chi connectivity index (χ4v) is 8.90. The highest BCUT2D eigenvalue weighted by Crippen LogP contribution is 2.55. The SMILES string of the molecule is COc1ccc([C@@]23CC/C(=C\OCCC45CC(C)CC(CC(C)C4)C5)C[C@@H]2N(C)CC3)cc1OC. The van der Waals surface area contributed by atoms with E-state index in [2.05, 4.69) is 50.3 Å². The van der Waals surface area contributed by atoms with E-state index in [9.17, 15) is 0 Å². The smallest absolute Gasteiger partial charge is 0.161 e. The maximum Gasteiger partial charge on any atom is 0.161 e. The van der Waals surface area contributed by atoms with Crippen LogP contribution in [0.2, 0.25) is 0 Å². The normalized spacial score (nSPS) is 38.3. The van der Waals surface area contributed by atoms with Crippen molar-refractivity contribution in [2.75, 3.05) is 34.4 Å². The molecule has 0 amide bonds. The molecular weight excluding hydrogens is 434 g/mol. The van der Waals surface area contributed by atoms with Gasteiger partial charge in [-0.3, -0.25) is 0 Å². The minimum atomic E-state index is 0.191. The predicted molar refractivity (Wildman–Crippen MR) is 142 cm³/mol. The summed E-state index contributed by atoms with van der Waals surface area (Å²) in [6.45, 7) is 6.99. The summed E-state index contributed by atoms with van der Waals surface area (Å²) in [7, 11) is 5.74. The number of hydrogen-bond acceptors (Lipinski definition) is 4. The lowest BCUT2D eigenvalue weighted by Gasteiger charge is -2.50. The fraction of sp³-hybridized carbons (Fsp3) is 0.742. The first-order valence-electron chi connectivity index (χ1n) is 14.1. The summed E-state index contributed by atoms with van der Waals surface area (Å²) in [5.41, 5.74) is 3.62. The summed E-state index contributed by atoms with van der Waals surface area (Å²) in [6, 6.07) is 7.08. The molecule has 1 heterocycles. The number of hydrogen-bond donors (Lipinski definition) is 0. The van der Waals surface area contributed by atoms with Crippen molar-refractivity contribution in [3.05, 3.63) is 35.6 Å². The van der Waals surface area contributed by atoms with Gasteiger partial charge in [-0.05, 0) is 124 Å². The summed E-state index contributed by atoms with van der Waals surface area (Å²) in [5, 5.41) is 0. The standard InChI is InChI=1S/C31H47NO3/c1-22-14-25-15-23(2)19-30(18-22,20-25)11-13-35-21-24-8-9-31(10-12-32(3)29(31)16-24)26-6-7-27(33-4)28(17-26)34-5/h6-7,17,21-23,25,29H,8-16,18-20H2,1-5H3/b24-21+/t22?,23?,25?,29-,30?,31-/m0/s1. The molecule has 194 valence electrons. The van der Waals surface area contributed by atoms with Crippen molar-refractivity contribution in [1.29, 1.82) is 0 Å². The number of methoxy groups -OCH3 is 2. The third kappa shape index (κ3) is 4.84. The van der Waals surface area contributed by atoms with E-state index in [1.54, 1.807) is 14.2 Å². The molecule has 0 spiro atoms. The van der Waals surface area contributed by atoms with E-state index >= 15 is 0 Å². The van der Waals surface area contributed by atoms with E-state index in [4.69, 9.17) is 14.2 Å². The van der Waals surface area contributed by atoms with Gasteiger partial charge in [0.2, 0.25) is 0 Å². The van der Waals surface area contributed by atoms with E-state index in [1.165, 1.54) is 62.5 Å². The molecule has 2 bridgehead atoms. The van der Waals surface area contributed by atoms with Crippen LogP contribution in [0.15, 0.2) is 30.0 Å². The molecule has 3 saturated carbocycles. The topological polar surface area (TPSA) is 30.9 Å². The molecule has 4 nitrogen and oxygen atoms in total. The van der Waals surface area contributed by atoms with E-state index in [-0.39, 0.29) is 5.41 Å². The highest BCUT2D eigenvalue weighted by molar-refractivity contribution is 5.47. The second-order valence-corrected chi connectivity index (χ2v) is 12.7. The number of nitrogens with zero attached hydrogens (tertiary/aromatic N) is 1. The van der Waals surface area contributed by atoms with Gasteiger partial charge in [0, 0.05) is 11.5 Å². The quantitative estimate of drug-likeness (QED) is 0.311. The van der Waals surface area contributed by atoms with Gasteiger partial charge >= 0.3 is 0 Å². The largest absolute Gasteiger partial charge is 0.501 e. The van der Waals surface area contributed by atoms with Gasteiger partial charge in [-0.2, -0.15) is 0 Å². The van der Waals surface area contributed by atoms with Crippen LogP contribution >= 0.6 is 0 Å². The predicted octanol–water partition coefficient (Wildman–Crippen LogP) is 6.97. The van der Waals surface area contributed by atoms with Crippen LogP contribution in [-0.4, -0.2) is 45.4 Å². The van der Waals surface area contributed by atoms with E-state index < -0.39 is 0 Å². The van der Waals surface area contributed by atoms with Crippen molar-refractivity contribution in [1.82, 2.24) is 4.90 Å². The lowest BCUT2D eigenvalue weighted by Crippen LogP contribution is -2.44. The van der Waals surface area contributed by atoms with Crippen LogP contribution in [0.25, 0.3) is 0 Å². The van der Waals surface area contributed by atoms with Gasteiger partial charge < -0.3 is 19.1 Å². The van der Waals surface area contributed by atoms with E-state index in [0.717, 1.165) is 55.2 Å². The molecule has 4 fully saturated rings. The van der Waals surface area contributed by atoms with Gasteiger partial charge in [-0.25, -0.2) is 0 Å². The van der Waals surface area contributed by atoms with Crippen LogP contribution in [0.1, 0.15) is 83.6 Å². The zero-order valence-corrected chi connectivity index (χ0v) is 22.8. The molecule has 1 saturated heterocycles. The Morgan fingerprint density at radius 3 is 2.46 bits per heavy atom. The Labute approximate surface area is 213 Å². The minimum absolute atomic E-state index is 0.191. The summed E-state index contributed by atoms with van der Waals surface area (Å²) >= 11 is 0. The van der Waals surface area contributed by atoms with Crippen molar-refractivity contribution < 1.29 is 14.2 Å². The fourth-order valence-electron chi connectivity index (χ4n) is 8.90. The summed E-state index contributed by atoms with van der Waals surface area (Å²) in [5.74, 6) is 4.39. The van der Waals surface area contributed by atoms with E-state index in [1.807, 2.05) is 0 Å². The van der Waals surface area contributed by atoms with Crippen molar-refractivity contribution in [2.24, 2.45) is 23.2 Å². The van der Waals surface area contributed by atoms with Crippen molar-refractivity contribution in [3.63, 3.8) is 0 Å². The van der Waals surface area contributed by atoms with Gasteiger partial charge in [0.15, 0.2) is 11.5 Å². The molecular formula is C31H47NO3. The molecule has 1 aromatic carbocycles. The lowest BCUT2D eigenvalue weighted by molar-refractivity contribution is -0.00195. The molecule has 1 aliphatic heterocycles. The molecule has 35 heavy (non-hydrogen) atoms. The summed E-state index contributed by atoms with van der Waals surface area (Å²) in [4.78, 5) is 2.57. The van der Waals surface area contributed by atoms with Crippen molar-refractivity contribution >= 4 is 0 Å². The second-order valence-electron chi connectivity index (χ2n) is 12.7. The Morgan fingerprint density at radius 2 is 1.74 bits per heavy atom. The van der Waals surface area contributed by atoms with Gasteiger partial charge in [-0.1, -0.05) is 19.9 Å². The monoisotopic (exact) mass is 481 g/mol. The van der Waals surface area contributed by atoms with Crippen LogP contribution in [0.3, 0.4) is 0 Å². The first kappa shape index (κ1) is 25.0. The first-order chi connectivity index (χ1) is 16.9. The first-order valence-corrected chi connectivity index (χ1v) is 14.1. The summed E-state index contributed by atoms with van der Waals surface area (Å²) < 4.78 is 17.5. The van der Waals surface area contributed by atoms with Crippen LogP contribution in [0.5, 0.6) is 11.5 Å². The zero-order valence-electron chi connectivity index (χ0n) is 22.8. The Morgan fingerprint density at radius 1 is 1.00 bits per heavy atom. The summed E-state index contributed by atoms with van der Waals surface area (Å²) in [6.07, 6.45) is 15.2. The van der Waals surface area contributed by atoms with Crippen LogP contribution < -0.4 is 9.47 Å². The molecule has 0 N–H and O–H groups in total. The molecule has 2 unspecified atom stereocenters. The van der Waals surface area contributed by atoms with Crippen LogP contribution in [-0.2, 0) is 10.2 Å². The van der Waals surface area contributed by atoms with Gasteiger partial charge in [0.25, 0.3) is 0 Å². The minimum Gasteiger partial charge on any atom is -0.501 e. The molecule has 4 atom stereocenters. The zero-order chi connectivity index (χ0) is 24.6. The number of likely N-dealkylation sites (tertiary alicyclic amines) is 1. The maximum atomic E-state index is 6.30. The van der Waals surface area contributed by atoms with Crippen LogP contribution in [0, 0.1) is 23.2 Å². The average Bonchev–Trinajstić information content (AvgIpc) is 3.17. The number of fused-ring (bicyclic) bond motifs is 3. The third-order valence-electron chi connectivity index (χ3n) is 10.1. The lowest BCUT2D eigenvalue weighted by atomic mass is 9.56. The Hall–Kier alpha value is -1.68. The van der Waals surface area contributed by atoms with Crippen LogP contribution in [0.4, 0.5) is 0 Å². The van der Waals surface area contributed by atoms with Crippen molar-refractivity contribution in [3.8, 4) is 11.5 Å². The molecule has 1 aromatic rings. The van der Waals surface area contributed by atoms with Gasteiger partial charge in [-0.15, -0.1) is 0 Å². The third-order valence-corrected chi connectivity index (χ3v) is 10.1. The van der Waals surface area contributed by atoms with Gasteiger partial charge in [0.1, 0.15) is 0 Å². The van der Waals surface area contributed by atoms with Gasteiger partial charge in [0.05, 0.1) is 27.1 Å². The Balaban J connectivity index is 1.23. The highest BCUT2D eigenvalue weighted by atomic mass is 16.5. The highest BCUT2D eigenvalue weighted by Gasteiger charge is 2.49. The number of ether oxygens (including phenoxy) is 3. The molecule has 0 aromatic heterocycles. The molecule has 0 radical (unpaired) electrons.